The zero-order chi connectivity index (χ0) is 11.6. The number of hydrogen-bond acceptors (Lipinski definition) is 2. The molecule has 15 heavy (non-hydrogen) atoms. The van der Waals surface area contributed by atoms with Gasteiger partial charge in [0.25, 0.3) is 0 Å². The normalized spacial score (nSPS) is 15.1. The van der Waals surface area contributed by atoms with Crippen molar-refractivity contribution in [2.75, 3.05) is 13.7 Å². The highest BCUT2D eigenvalue weighted by Gasteiger charge is 2.32. The molecule has 1 aromatic carbocycles. The van der Waals surface area contributed by atoms with Gasteiger partial charge >= 0.3 is 0 Å². The van der Waals surface area contributed by atoms with E-state index in [4.69, 9.17) is 10.5 Å². The van der Waals surface area contributed by atoms with Crippen LogP contribution in [-0.4, -0.2) is 13.7 Å². The van der Waals surface area contributed by atoms with Gasteiger partial charge in [-0.1, -0.05) is 0 Å². The predicted molar refractivity (Wildman–Crippen MR) is 49.7 cm³/mol. The van der Waals surface area contributed by atoms with Gasteiger partial charge in [-0.2, -0.15) is 0 Å². The second kappa shape index (κ2) is 4.20. The van der Waals surface area contributed by atoms with Crippen molar-refractivity contribution in [3.05, 3.63) is 35.1 Å². The summed E-state index contributed by atoms with van der Waals surface area (Å²) in [6.45, 7) is 1.24. The van der Waals surface area contributed by atoms with Crippen LogP contribution >= 0.6 is 0 Å². The van der Waals surface area contributed by atoms with Crippen LogP contribution in [0.5, 0.6) is 0 Å². The van der Waals surface area contributed by atoms with Gasteiger partial charge in [-0.25, -0.2) is 13.2 Å². The van der Waals surface area contributed by atoms with E-state index >= 15 is 0 Å². The molecule has 0 saturated heterocycles. The van der Waals surface area contributed by atoms with Crippen molar-refractivity contribution in [3.8, 4) is 0 Å². The number of ether oxygens (including phenoxy) is 1. The number of halogens is 3. The summed E-state index contributed by atoms with van der Waals surface area (Å²) in [5.41, 5.74) is 3.51. The second-order valence-electron chi connectivity index (χ2n) is 3.36. The molecule has 1 unspecified atom stereocenters. The minimum absolute atomic E-state index is 0.152. The zero-order valence-corrected chi connectivity index (χ0v) is 8.48. The third kappa shape index (κ3) is 1.98. The lowest BCUT2D eigenvalue weighted by Crippen LogP contribution is -2.36. The van der Waals surface area contributed by atoms with Crippen molar-refractivity contribution in [2.24, 2.45) is 5.73 Å². The van der Waals surface area contributed by atoms with Crippen LogP contribution in [0.2, 0.25) is 0 Å². The predicted octanol–water partition coefficient (Wildman–Crippen LogP) is 1.92. The summed E-state index contributed by atoms with van der Waals surface area (Å²) >= 11 is 0. The third-order valence-corrected chi connectivity index (χ3v) is 2.41. The Morgan fingerprint density at radius 2 is 1.80 bits per heavy atom. The molecule has 0 saturated carbocycles. The van der Waals surface area contributed by atoms with Crippen LogP contribution < -0.4 is 5.73 Å². The van der Waals surface area contributed by atoms with E-state index in [1.165, 1.54) is 14.0 Å². The summed E-state index contributed by atoms with van der Waals surface area (Å²) in [7, 11) is 1.26. The van der Waals surface area contributed by atoms with E-state index in [2.05, 4.69) is 0 Å². The van der Waals surface area contributed by atoms with E-state index in [-0.39, 0.29) is 6.54 Å². The first kappa shape index (κ1) is 12.0. The van der Waals surface area contributed by atoms with Crippen LogP contribution in [0.15, 0.2) is 12.1 Å². The van der Waals surface area contributed by atoms with Gasteiger partial charge < -0.3 is 10.5 Å². The van der Waals surface area contributed by atoms with Crippen LogP contribution in [0.4, 0.5) is 13.2 Å². The van der Waals surface area contributed by atoms with E-state index in [9.17, 15) is 13.2 Å². The molecule has 2 N–H and O–H groups in total. The van der Waals surface area contributed by atoms with Crippen molar-refractivity contribution >= 4 is 0 Å². The molecule has 0 aromatic heterocycles. The van der Waals surface area contributed by atoms with E-state index in [0.29, 0.717) is 0 Å². The Morgan fingerprint density at radius 3 is 2.27 bits per heavy atom. The Morgan fingerprint density at radius 1 is 1.27 bits per heavy atom. The van der Waals surface area contributed by atoms with Crippen LogP contribution in [0, 0.1) is 17.5 Å². The monoisotopic (exact) mass is 219 g/mol. The molecule has 0 aliphatic rings. The van der Waals surface area contributed by atoms with Gasteiger partial charge in [0.1, 0.15) is 11.4 Å². The molecule has 0 radical (unpaired) electrons. The first-order valence-electron chi connectivity index (χ1n) is 4.35. The lowest BCUT2D eigenvalue weighted by Gasteiger charge is -2.27. The molecule has 0 heterocycles. The van der Waals surface area contributed by atoms with Crippen LogP contribution in [0.25, 0.3) is 0 Å². The number of nitrogens with two attached hydrogens (primary N) is 1. The molecule has 0 amide bonds. The Kier molecular flexibility index (Phi) is 3.36. The van der Waals surface area contributed by atoms with Crippen LogP contribution in [0.3, 0.4) is 0 Å². The molecule has 0 aliphatic carbocycles. The number of methoxy groups -OCH3 is 1. The average Bonchev–Trinajstić information content (AvgIpc) is 2.23. The molecular weight excluding hydrogens is 207 g/mol. The molecule has 2 nitrogen and oxygen atoms in total. The highest BCUT2D eigenvalue weighted by Crippen LogP contribution is 2.29. The topological polar surface area (TPSA) is 35.2 Å². The van der Waals surface area contributed by atoms with Crippen molar-refractivity contribution < 1.29 is 17.9 Å². The molecule has 1 atom stereocenters. The fourth-order valence-corrected chi connectivity index (χ4v) is 1.30. The Balaban J connectivity index is 3.41. The first-order chi connectivity index (χ1) is 6.96. The third-order valence-electron chi connectivity index (χ3n) is 2.41. The van der Waals surface area contributed by atoms with Gasteiger partial charge in [-0.05, 0) is 19.1 Å². The van der Waals surface area contributed by atoms with E-state index in [0.717, 1.165) is 12.1 Å². The summed E-state index contributed by atoms with van der Waals surface area (Å²) in [5.74, 6) is -3.25. The van der Waals surface area contributed by atoms with Gasteiger partial charge in [0, 0.05) is 13.7 Å². The smallest absolute Gasteiger partial charge is 0.167 e. The molecular formula is C10H12F3NO. The maximum atomic E-state index is 13.4. The number of rotatable bonds is 3. The van der Waals surface area contributed by atoms with Gasteiger partial charge in [0.05, 0.1) is 5.56 Å². The SMILES string of the molecule is COC(C)(CN)c1c(F)ccc(F)c1F. The van der Waals surface area contributed by atoms with E-state index in [1.54, 1.807) is 0 Å². The van der Waals surface area contributed by atoms with E-state index in [1.807, 2.05) is 0 Å². The molecule has 0 aliphatic heterocycles. The zero-order valence-electron chi connectivity index (χ0n) is 8.48. The van der Waals surface area contributed by atoms with Gasteiger partial charge in [0.15, 0.2) is 11.6 Å². The summed E-state index contributed by atoms with van der Waals surface area (Å²) in [4.78, 5) is 0. The largest absolute Gasteiger partial charge is 0.372 e. The van der Waals surface area contributed by atoms with Crippen molar-refractivity contribution in [1.82, 2.24) is 0 Å². The van der Waals surface area contributed by atoms with Gasteiger partial charge in [-0.3, -0.25) is 0 Å². The highest BCUT2D eigenvalue weighted by molar-refractivity contribution is 5.27. The lowest BCUT2D eigenvalue weighted by molar-refractivity contribution is 0.00352. The molecule has 1 rings (SSSR count). The van der Waals surface area contributed by atoms with Crippen molar-refractivity contribution in [1.29, 1.82) is 0 Å². The highest BCUT2D eigenvalue weighted by atomic mass is 19.2. The average molecular weight is 219 g/mol. The van der Waals surface area contributed by atoms with Gasteiger partial charge in [-0.15, -0.1) is 0 Å². The molecule has 5 heteroatoms. The fourth-order valence-electron chi connectivity index (χ4n) is 1.30. The maximum absolute atomic E-state index is 13.4. The minimum Gasteiger partial charge on any atom is -0.372 e. The van der Waals surface area contributed by atoms with Crippen LogP contribution in [0.1, 0.15) is 12.5 Å². The number of hydrogen-bond donors (Lipinski definition) is 1. The molecule has 0 bridgehead atoms. The molecule has 1 aromatic rings. The van der Waals surface area contributed by atoms with Crippen molar-refractivity contribution in [2.45, 2.75) is 12.5 Å². The summed E-state index contributed by atoms with van der Waals surface area (Å²) in [6.07, 6.45) is 0. The maximum Gasteiger partial charge on any atom is 0.167 e. The Bertz CT molecular complexity index is 364. The summed E-state index contributed by atoms with van der Waals surface area (Å²) in [5, 5.41) is 0. The molecule has 84 valence electrons. The number of benzene rings is 1. The Hall–Kier alpha value is -1.07. The van der Waals surface area contributed by atoms with E-state index < -0.39 is 28.6 Å². The summed E-state index contributed by atoms with van der Waals surface area (Å²) < 4.78 is 44.6. The molecule has 0 spiro atoms. The van der Waals surface area contributed by atoms with Gasteiger partial charge in [0.2, 0.25) is 0 Å². The standard InChI is InChI=1S/C10H12F3NO/c1-10(5-14,15-2)8-6(11)3-4-7(12)9(8)13/h3-4H,5,14H2,1-2H3. The lowest BCUT2D eigenvalue weighted by atomic mass is 9.94. The molecule has 0 fully saturated rings. The Labute approximate surface area is 85.8 Å². The van der Waals surface area contributed by atoms with Crippen molar-refractivity contribution in [3.63, 3.8) is 0 Å². The summed E-state index contributed by atoms with van der Waals surface area (Å²) in [6, 6.07) is 1.57. The minimum atomic E-state index is -1.36. The van der Waals surface area contributed by atoms with Crippen LogP contribution in [-0.2, 0) is 10.3 Å². The second-order valence-corrected chi connectivity index (χ2v) is 3.36. The first-order valence-corrected chi connectivity index (χ1v) is 4.35. The fraction of sp³-hybridized carbons (Fsp3) is 0.400. The quantitative estimate of drug-likeness (QED) is 0.788.